The highest BCUT2D eigenvalue weighted by Gasteiger charge is 2.33. The van der Waals surface area contributed by atoms with Gasteiger partial charge in [0.2, 0.25) is 5.89 Å². The van der Waals surface area contributed by atoms with Crippen molar-refractivity contribution in [3.63, 3.8) is 0 Å². The van der Waals surface area contributed by atoms with E-state index in [4.69, 9.17) is 9.63 Å². The van der Waals surface area contributed by atoms with E-state index in [0.29, 0.717) is 18.1 Å². The molecule has 21 heavy (non-hydrogen) atoms. The third kappa shape index (κ3) is 4.24. The minimum Gasteiger partial charge on any atom is -0.480 e. The fourth-order valence-electron chi connectivity index (χ4n) is 2.30. The molecule has 0 spiro atoms. The number of aliphatic carboxylic acids is 1. The summed E-state index contributed by atoms with van der Waals surface area (Å²) in [6, 6.07) is -0.313. The van der Waals surface area contributed by atoms with Crippen LogP contribution in [-0.4, -0.2) is 58.6 Å². The van der Waals surface area contributed by atoms with Crippen molar-refractivity contribution in [1.29, 1.82) is 0 Å². The maximum atomic E-state index is 11.6. The summed E-state index contributed by atoms with van der Waals surface area (Å²) < 4.78 is 28.2. The number of carboxylic acids is 1. The average molecular weight is 317 g/mol. The fourth-order valence-corrected chi connectivity index (χ4v) is 4.06. The van der Waals surface area contributed by atoms with Gasteiger partial charge in [0, 0.05) is 12.0 Å². The van der Waals surface area contributed by atoms with E-state index in [2.05, 4.69) is 10.1 Å². The number of carbonyl (C=O) groups is 1. The summed E-state index contributed by atoms with van der Waals surface area (Å²) in [5.74, 6) is 0.0216. The maximum Gasteiger partial charge on any atom is 0.317 e. The van der Waals surface area contributed by atoms with E-state index in [1.54, 1.807) is 4.90 Å². The molecular weight excluding hydrogens is 298 g/mol. The molecule has 0 radical (unpaired) electrons. The highest BCUT2D eigenvalue weighted by atomic mass is 32.2. The monoisotopic (exact) mass is 317 g/mol. The van der Waals surface area contributed by atoms with Crippen LogP contribution in [0.4, 0.5) is 0 Å². The molecule has 0 bridgehead atoms. The maximum absolute atomic E-state index is 11.6. The molecule has 1 atom stereocenters. The van der Waals surface area contributed by atoms with Crippen molar-refractivity contribution >= 4 is 15.8 Å². The lowest BCUT2D eigenvalue weighted by Gasteiger charge is -2.24. The third-order valence-electron chi connectivity index (χ3n) is 3.39. The summed E-state index contributed by atoms with van der Waals surface area (Å²) in [4.78, 5) is 16.8. The van der Waals surface area contributed by atoms with Crippen molar-refractivity contribution in [2.75, 3.05) is 18.1 Å². The van der Waals surface area contributed by atoms with Gasteiger partial charge in [-0.3, -0.25) is 9.69 Å². The molecule has 1 aromatic rings. The molecule has 1 aromatic heterocycles. The van der Waals surface area contributed by atoms with Crippen LogP contribution in [0.5, 0.6) is 0 Å². The highest BCUT2D eigenvalue weighted by molar-refractivity contribution is 7.91. The first-order valence-corrected chi connectivity index (χ1v) is 8.57. The molecule has 118 valence electrons. The van der Waals surface area contributed by atoms with E-state index in [1.165, 1.54) is 0 Å². The van der Waals surface area contributed by atoms with Crippen LogP contribution < -0.4 is 0 Å². The zero-order chi connectivity index (χ0) is 15.6. The van der Waals surface area contributed by atoms with Crippen molar-refractivity contribution in [3.05, 3.63) is 11.7 Å². The number of hydrogen-bond donors (Lipinski definition) is 1. The second-order valence-corrected chi connectivity index (χ2v) is 7.79. The molecule has 1 aliphatic rings. The molecule has 1 saturated heterocycles. The molecule has 0 aromatic carbocycles. The largest absolute Gasteiger partial charge is 0.480 e. The van der Waals surface area contributed by atoms with E-state index in [-0.39, 0.29) is 36.6 Å². The van der Waals surface area contributed by atoms with Gasteiger partial charge in [0.05, 0.1) is 24.6 Å². The minimum atomic E-state index is -3.08. The third-order valence-corrected chi connectivity index (χ3v) is 5.14. The van der Waals surface area contributed by atoms with Crippen LogP contribution in [0.3, 0.4) is 0 Å². The molecule has 0 amide bonds. The standard InChI is InChI=1S/C12H19N3O5S/c1-8(2)12-13-10(14-20-12)5-15(6-11(16)17)9-3-4-21(18,19)7-9/h8-9H,3-7H2,1-2H3,(H,16,17). The molecule has 1 fully saturated rings. The van der Waals surface area contributed by atoms with Gasteiger partial charge in [-0.15, -0.1) is 0 Å². The smallest absolute Gasteiger partial charge is 0.317 e. The number of sulfone groups is 1. The summed E-state index contributed by atoms with van der Waals surface area (Å²) in [6.07, 6.45) is 0.435. The summed E-state index contributed by atoms with van der Waals surface area (Å²) in [6.45, 7) is 3.75. The van der Waals surface area contributed by atoms with Gasteiger partial charge >= 0.3 is 5.97 Å². The normalized spacial score (nSPS) is 21.2. The molecule has 9 heteroatoms. The summed E-state index contributed by atoms with van der Waals surface area (Å²) >= 11 is 0. The van der Waals surface area contributed by atoms with Crippen molar-refractivity contribution in [1.82, 2.24) is 15.0 Å². The zero-order valence-corrected chi connectivity index (χ0v) is 12.8. The van der Waals surface area contributed by atoms with Crippen molar-refractivity contribution in [3.8, 4) is 0 Å². The fraction of sp³-hybridized carbons (Fsp3) is 0.750. The lowest BCUT2D eigenvalue weighted by atomic mass is 10.2. The van der Waals surface area contributed by atoms with Gasteiger partial charge in [-0.25, -0.2) is 8.42 Å². The average Bonchev–Trinajstić information content (AvgIpc) is 2.94. The Morgan fingerprint density at radius 2 is 2.24 bits per heavy atom. The first-order valence-electron chi connectivity index (χ1n) is 6.75. The van der Waals surface area contributed by atoms with Gasteiger partial charge in [0.15, 0.2) is 15.7 Å². The van der Waals surface area contributed by atoms with Gasteiger partial charge in [0.25, 0.3) is 0 Å². The van der Waals surface area contributed by atoms with Crippen LogP contribution in [0.2, 0.25) is 0 Å². The molecule has 2 rings (SSSR count). The SMILES string of the molecule is CC(C)c1nc(CN(CC(=O)O)C2CCS(=O)(=O)C2)no1. The molecule has 0 aliphatic carbocycles. The highest BCUT2D eigenvalue weighted by Crippen LogP contribution is 2.20. The van der Waals surface area contributed by atoms with Gasteiger partial charge in [-0.1, -0.05) is 19.0 Å². The van der Waals surface area contributed by atoms with Crippen LogP contribution in [0.15, 0.2) is 4.52 Å². The van der Waals surface area contributed by atoms with E-state index in [1.807, 2.05) is 13.8 Å². The van der Waals surface area contributed by atoms with Crippen LogP contribution >= 0.6 is 0 Å². The Morgan fingerprint density at radius 1 is 1.52 bits per heavy atom. The van der Waals surface area contributed by atoms with Crippen molar-refractivity contribution in [2.24, 2.45) is 0 Å². The van der Waals surface area contributed by atoms with Crippen LogP contribution in [0.1, 0.15) is 37.9 Å². The van der Waals surface area contributed by atoms with Gasteiger partial charge in [-0.05, 0) is 6.42 Å². The van der Waals surface area contributed by atoms with Crippen LogP contribution in [-0.2, 0) is 21.2 Å². The second-order valence-electron chi connectivity index (χ2n) is 5.56. The first-order chi connectivity index (χ1) is 9.77. The molecule has 2 heterocycles. The molecule has 1 unspecified atom stereocenters. The van der Waals surface area contributed by atoms with Gasteiger partial charge < -0.3 is 9.63 Å². The van der Waals surface area contributed by atoms with E-state index in [9.17, 15) is 13.2 Å². The summed E-state index contributed by atoms with van der Waals surface area (Å²) in [7, 11) is -3.08. The quantitative estimate of drug-likeness (QED) is 0.795. The predicted octanol–water partition coefficient (Wildman–Crippen LogP) is 0.267. The predicted molar refractivity (Wildman–Crippen MR) is 73.5 cm³/mol. The Morgan fingerprint density at radius 3 is 2.71 bits per heavy atom. The summed E-state index contributed by atoms with van der Waals surface area (Å²) in [5, 5.41) is 12.8. The molecular formula is C12H19N3O5S. The molecule has 0 saturated carbocycles. The Bertz CT molecular complexity index is 610. The molecule has 1 aliphatic heterocycles. The van der Waals surface area contributed by atoms with Crippen molar-refractivity contribution < 1.29 is 22.8 Å². The van der Waals surface area contributed by atoms with Crippen LogP contribution in [0.25, 0.3) is 0 Å². The number of rotatable bonds is 6. The number of carboxylic acid groups (broad SMARTS) is 1. The van der Waals surface area contributed by atoms with E-state index in [0.717, 1.165) is 0 Å². The van der Waals surface area contributed by atoms with Gasteiger partial charge in [0.1, 0.15) is 0 Å². The summed E-state index contributed by atoms with van der Waals surface area (Å²) in [5.41, 5.74) is 0. The lowest BCUT2D eigenvalue weighted by molar-refractivity contribution is -0.139. The van der Waals surface area contributed by atoms with Crippen LogP contribution in [0, 0.1) is 0 Å². The zero-order valence-electron chi connectivity index (χ0n) is 12.0. The number of hydrogen-bond acceptors (Lipinski definition) is 7. The van der Waals surface area contributed by atoms with E-state index < -0.39 is 15.8 Å². The van der Waals surface area contributed by atoms with Crippen molar-refractivity contribution in [2.45, 2.75) is 38.8 Å². The Labute approximate surface area is 123 Å². The van der Waals surface area contributed by atoms with Gasteiger partial charge in [-0.2, -0.15) is 4.98 Å². The Kier molecular flexibility index (Phi) is 4.62. The molecule has 8 nitrogen and oxygen atoms in total. The van der Waals surface area contributed by atoms with E-state index >= 15 is 0 Å². The topological polar surface area (TPSA) is 114 Å². The Balaban J connectivity index is 2.10. The number of nitrogens with zero attached hydrogens (tertiary/aromatic N) is 3. The lowest BCUT2D eigenvalue weighted by Crippen LogP contribution is -2.39. The minimum absolute atomic E-state index is 0.0187. The first kappa shape index (κ1) is 15.9. The number of aromatic nitrogens is 2. The second kappa shape index (κ2) is 6.10. The molecule has 1 N–H and O–H groups in total. The Hall–Kier alpha value is -1.48.